The lowest BCUT2D eigenvalue weighted by atomic mass is 10.1. The normalized spacial score (nSPS) is 20.1. The Labute approximate surface area is 59.2 Å². The van der Waals surface area contributed by atoms with Gasteiger partial charge >= 0.3 is 0 Å². The van der Waals surface area contributed by atoms with Crippen LogP contribution in [0.2, 0.25) is 0 Å². The lowest BCUT2D eigenvalue weighted by Gasteiger charge is -1.99. The molecule has 0 aromatic heterocycles. The van der Waals surface area contributed by atoms with Gasteiger partial charge in [0, 0.05) is 0 Å². The molecule has 0 spiro atoms. The van der Waals surface area contributed by atoms with Gasteiger partial charge in [0.15, 0.2) is 0 Å². The third kappa shape index (κ3) is 1.31. The average Bonchev–Trinajstić information content (AvgIpc) is 1.94. The topological polar surface area (TPSA) is 45.4 Å². The number of rotatable bonds is 1. The van der Waals surface area contributed by atoms with Crippen LogP contribution in [0.1, 0.15) is 0 Å². The molecule has 0 atom stereocenters. The van der Waals surface area contributed by atoms with E-state index in [2.05, 4.69) is 9.99 Å². The van der Waals surface area contributed by atoms with Crippen LogP contribution in [0.4, 0.5) is 0 Å². The highest BCUT2D eigenvalue weighted by Gasteiger charge is 2.01. The van der Waals surface area contributed by atoms with E-state index in [0.717, 1.165) is 0 Å². The molecular weight excluding hydrogens is 128 g/mol. The Balaban J connectivity index is 2.80. The van der Waals surface area contributed by atoms with Crippen LogP contribution in [-0.4, -0.2) is 18.5 Å². The van der Waals surface area contributed by atoms with Crippen LogP contribution >= 0.6 is 0 Å². The van der Waals surface area contributed by atoms with Crippen LogP contribution in [0.15, 0.2) is 29.5 Å². The van der Waals surface area contributed by atoms with Gasteiger partial charge in [0.1, 0.15) is 12.8 Å². The van der Waals surface area contributed by atoms with Gasteiger partial charge in [-0.15, -0.1) is 0 Å². The minimum Gasteiger partial charge on any atom is -0.399 e. The maximum absolute atomic E-state index is 7.30. The molecule has 1 aliphatic carbocycles. The van der Waals surface area contributed by atoms with Gasteiger partial charge in [-0.05, 0) is 12.2 Å². The number of hydrogen-bond donors (Lipinski definition) is 1. The summed E-state index contributed by atoms with van der Waals surface area (Å²) in [6, 6.07) is 0. The molecule has 0 aromatic rings. The van der Waals surface area contributed by atoms with E-state index in [9.17, 15) is 0 Å². The summed E-state index contributed by atoms with van der Waals surface area (Å²) >= 11 is 0. The molecule has 0 aromatic carbocycles. The van der Waals surface area contributed by atoms with Crippen molar-refractivity contribution in [2.45, 2.75) is 0 Å². The standard InChI is InChI=1S/C7H8N2O/c1-10-9-7-5-3-2-4-6(7)8/h2-5,8H,1H3/b8-6?,9-7-. The molecule has 3 nitrogen and oxygen atoms in total. The highest BCUT2D eigenvalue weighted by atomic mass is 16.6. The molecule has 0 heterocycles. The maximum Gasteiger partial charge on any atom is 0.127 e. The Bertz CT molecular complexity index is 226. The van der Waals surface area contributed by atoms with E-state index >= 15 is 0 Å². The summed E-state index contributed by atoms with van der Waals surface area (Å²) in [6.45, 7) is 0. The largest absolute Gasteiger partial charge is 0.399 e. The van der Waals surface area contributed by atoms with Crippen molar-refractivity contribution in [3.8, 4) is 0 Å². The summed E-state index contributed by atoms with van der Waals surface area (Å²) in [5.74, 6) is 0. The summed E-state index contributed by atoms with van der Waals surface area (Å²) in [5.41, 5.74) is 0.939. The number of allylic oxidation sites excluding steroid dienone is 4. The van der Waals surface area contributed by atoms with Gasteiger partial charge in [0.25, 0.3) is 0 Å². The van der Waals surface area contributed by atoms with E-state index in [1.165, 1.54) is 7.11 Å². The first-order valence-electron chi connectivity index (χ1n) is 2.89. The fourth-order valence-electron chi connectivity index (χ4n) is 0.652. The smallest absolute Gasteiger partial charge is 0.127 e. The molecule has 0 bridgehead atoms. The van der Waals surface area contributed by atoms with Crippen LogP contribution in [0, 0.1) is 5.41 Å². The third-order valence-electron chi connectivity index (χ3n) is 1.09. The molecule has 0 unspecified atom stereocenters. The molecule has 1 N–H and O–H groups in total. The zero-order chi connectivity index (χ0) is 7.40. The van der Waals surface area contributed by atoms with Gasteiger partial charge in [0.2, 0.25) is 0 Å². The monoisotopic (exact) mass is 136 g/mol. The van der Waals surface area contributed by atoms with Gasteiger partial charge in [-0.2, -0.15) is 0 Å². The van der Waals surface area contributed by atoms with Crippen LogP contribution in [-0.2, 0) is 4.84 Å². The summed E-state index contributed by atoms with van der Waals surface area (Å²) in [7, 11) is 1.46. The molecular formula is C7H8N2O. The fraction of sp³-hybridized carbons (Fsp3) is 0.143. The average molecular weight is 136 g/mol. The first kappa shape index (κ1) is 6.74. The highest BCUT2D eigenvalue weighted by molar-refractivity contribution is 6.49. The molecule has 0 fully saturated rings. The van der Waals surface area contributed by atoms with Crippen molar-refractivity contribution in [3.63, 3.8) is 0 Å². The van der Waals surface area contributed by atoms with E-state index in [1.54, 1.807) is 18.2 Å². The summed E-state index contributed by atoms with van der Waals surface area (Å²) < 4.78 is 0. The van der Waals surface area contributed by atoms with Crippen molar-refractivity contribution in [2.75, 3.05) is 7.11 Å². The zero-order valence-corrected chi connectivity index (χ0v) is 5.66. The Morgan fingerprint density at radius 3 is 2.70 bits per heavy atom. The van der Waals surface area contributed by atoms with Crippen LogP contribution in [0.3, 0.4) is 0 Å². The molecule has 0 amide bonds. The molecule has 3 heteroatoms. The Kier molecular flexibility index (Phi) is 1.99. The van der Waals surface area contributed by atoms with E-state index in [1.807, 2.05) is 6.08 Å². The Morgan fingerprint density at radius 2 is 2.10 bits per heavy atom. The van der Waals surface area contributed by atoms with Gasteiger partial charge in [-0.1, -0.05) is 17.3 Å². The molecule has 0 aliphatic heterocycles. The highest BCUT2D eigenvalue weighted by Crippen LogP contribution is 1.95. The SMILES string of the molecule is CO/N=C1/C=CC=CC1=N. The van der Waals surface area contributed by atoms with Gasteiger partial charge in [-0.25, -0.2) is 0 Å². The molecule has 0 radical (unpaired) electrons. The van der Waals surface area contributed by atoms with E-state index in [-0.39, 0.29) is 0 Å². The quantitative estimate of drug-likeness (QED) is 0.426. The number of hydrogen-bond acceptors (Lipinski definition) is 3. The molecule has 10 heavy (non-hydrogen) atoms. The van der Waals surface area contributed by atoms with E-state index in [4.69, 9.17) is 5.41 Å². The minimum absolute atomic E-state index is 0.379. The van der Waals surface area contributed by atoms with E-state index in [0.29, 0.717) is 11.4 Å². The van der Waals surface area contributed by atoms with E-state index < -0.39 is 0 Å². The van der Waals surface area contributed by atoms with Gasteiger partial charge in [0.05, 0.1) is 5.71 Å². The second kappa shape index (κ2) is 2.96. The lowest BCUT2D eigenvalue weighted by Crippen LogP contribution is -2.09. The second-order valence-electron chi connectivity index (χ2n) is 1.79. The zero-order valence-electron chi connectivity index (χ0n) is 5.66. The first-order valence-corrected chi connectivity index (χ1v) is 2.89. The van der Waals surface area contributed by atoms with Crippen molar-refractivity contribution in [1.29, 1.82) is 5.41 Å². The van der Waals surface area contributed by atoms with Crippen molar-refractivity contribution in [3.05, 3.63) is 24.3 Å². The second-order valence-corrected chi connectivity index (χ2v) is 1.79. The van der Waals surface area contributed by atoms with Crippen LogP contribution in [0.25, 0.3) is 0 Å². The third-order valence-corrected chi connectivity index (χ3v) is 1.09. The minimum atomic E-state index is 0.379. The van der Waals surface area contributed by atoms with Crippen molar-refractivity contribution >= 4 is 11.4 Å². The Hall–Kier alpha value is -1.38. The van der Waals surface area contributed by atoms with Crippen molar-refractivity contribution < 1.29 is 4.84 Å². The summed E-state index contributed by atoms with van der Waals surface area (Å²) in [5, 5.41) is 10.9. The van der Waals surface area contributed by atoms with Crippen molar-refractivity contribution in [1.82, 2.24) is 0 Å². The number of oxime groups is 1. The molecule has 0 saturated carbocycles. The van der Waals surface area contributed by atoms with Crippen molar-refractivity contribution in [2.24, 2.45) is 5.16 Å². The lowest BCUT2D eigenvalue weighted by molar-refractivity contribution is 0.214. The predicted octanol–water partition coefficient (Wildman–Crippen LogP) is 1.13. The first-order chi connectivity index (χ1) is 4.84. The molecule has 1 aliphatic rings. The van der Waals surface area contributed by atoms with Crippen LogP contribution in [0.5, 0.6) is 0 Å². The molecule has 1 rings (SSSR count). The van der Waals surface area contributed by atoms with Gasteiger partial charge < -0.3 is 4.84 Å². The molecule has 52 valence electrons. The number of nitrogens with one attached hydrogen (secondary N) is 1. The van der Waals surface area contributed by atoms with Crippen LogP contribution < -0.4 is 0 Å². The predicted molar refractivity (Wildman–Crippen MR) is 40.5 cm³/mol. The molecule has 0 saturated heterocycles. The van der Waals surface area contributed by atoms with Gasteiger partial charge in [-0.3, -0.25) is 5.41 Å². The Morgan fingerprint density at radius 1 is 1.40 bits per heavy atom. The maximum atomic E-state index is 7.30. The fourth-order valence-corrected chi connectivity index (χ4v) is 0.652. The summed E-state index contributed by atoms with van der Waals surface area (Å²) in [6.07, 6.45) is 7.00. The number of nitrogens with zero attached hydrogens (tertiary/aromatic N) is 1. The summed E-state index contributed by atoms with van der Waals surface area (Å²) in [4.78, 5) is 4.51.